The minimum absolute atomic E-state index is 0.621. The Hall–Kier alpha value is -7.10. The molecule has 0 saturated carbocycles. The van der Waals surface area contributed by atoms with Crippen molar-refractivity contribution in [3.63, 3.8) is 0 Å². The number of fused-ring (bicyclic) bond motifs is 4. The fourth-order valence-corrected chi connectivity index (χ4v) is 7.40. The summed E-state index contributed by atoms with van der Waals surface area (Å²) in [6.07, 6.45) is 0. The van der Waals surface area contributed by atoms with Crippen LogP contribution in [0.1, 0.15) is 0 Å². The van der Waals surface area contributed by atoms with E-state index in [0.717, 1.165) is 71.8 Å². The van der Waals surface area contributed by atoms with Crippen LogP contribution in [0.3, 0.4) is 0 Å². The van der Waals surface area contributed by atoms with E-state index in [0.29, 0.717) is 5.89 Å². The maximum atomic E-state index is 6.09. The molecular weight excluding hydrogens is 645 g/mol. The number of rotatable bonds is 6. The topological polar surface area (TPSA) is 38.9 Å². The first-order valence-electron chi connectivity index (χ1n) is 17.9. The molecule has 53 heavy (non-hydrogen) atoms. The van der Waals surface area contributed by atoms with Crippen LogP contribution >= 0.6 is 0 Å². The van der Waals surface area contributed by atoms with Crippen molar-refractivity contribution < 1.29 is 4.42 Å². The molecule has 0 unspecified atom stereocenters. The lowest BCUT2D eigenvalue weighted by atomic mass is 9.90. The summed E-state index contributed by atoms with van der Waals surface area (Å²) in [5, 5.41) is 3.39. The molecule has 2 aromatic heterocycles. The second-order valence-corrected chi connectivity index (χ2v) is 13.4. The Balaban J connectivity index is 1.14. The maximum Gasteiger partial charge on any atom is 0.227 e. The van der Waals surface area contributed by atoms with Crippen LogP contribution in [0.2, 0.25) is 0 Å². The van der Waals surface area contributed by atoms with E-state index < -0.39 is 0 Å². The van der Waals surface area contributed by atoms with Gasteiger partial charge < -0.3 is 4.42 Å². The number of aromatic nitrogens is 2. The molecule has 248 valence electrons. The monoisotopic (exact) mass is 676 g/mol. The molecule has 0 aliphatic carbocycles. The van der Waals surface area contributed by atoms with Gasteiger partial charge >= 0.3 is 0 Å². The van der Waals surface area contributed by atoms with E-state index in [1.807, 2.05) is 24.3 Å². The summed E-state index contributed by atoms with van der Waals surface area (Å²) >= 11 is 0. The highest BCUT2D eigenvalue weighted by atomic mass is 16.3. The first-order chi connectivity index (χ1) is 26.2. The third kappa shape index (κ3) is 5.65. The molecule has 10 aromatic rings. The second-order valence-electron chi connectivity index (χ2n) is 13.4. The molecule has 0 amide bonds. The molecule has 2 heterocycles. The quantitative estimate of drug-likeness (QED) is 0.165. The van der Waals surface area contributed by atoms with Crippen LogP contribution in [0, 0.1) is 0 Å². The molecular formula is C50H32N2O. The van der Waals surface area contributed by atoms with Crippen LogP contribution in [-0.4, -0.2) is 9.97 Å². The molecule has 8 aromatic carbocycles. The van der Waals surface area contributed by atoms with E-state index in [2.05, 4.69) is 170 Å². The van der Waals surface area contributed by atoms with Gasteiger partial charge in [0.1, 0.15) is 5.52 Å². The average Bonchev–Trinajstić information content (AvgIpc) is 3.69. The number of hydrogen-bond acceptors (Lipinski definition) is 3. The molecule has 0 saturated heterocycles. The molecule has 3 nitrogen and oxygen atoms in total. The fraction of sp³-hybridized carbons (Fsp3) is 0. The van der Waals surface area contributed by atoms with Crippen LogP contribution in [-0.2, 0) is 0 Å². The first kappa shape index (κ1) is 30.7. The first-order valence-corrected chi connectivity index (χ1v) is 17.9. The van der Waals surface area contributed by atoms with Gasteiger partial charge in [0, 0.05) is 21.9 Å². The number of pyridine rings is 1. The van der Waals surface area contributed by atoms with Crippen LogP contribution in [0.25, 0.3) is 100.0 Å². The minimum Gasteiger partial charge on any atom is -0.436 e. The smallest absolute Gasteiger partial charge is 0.227 e. The molecule has 0 atom stereocenters. The minimum atomic E-state index is 0.621. The summed E-state index contributed by atoms with van der Waals surface area (Å²) in [6.45, 7) is 0. The van der Waals surface area contributed by atoms with Gasteiger partial charge in [-0.15, -0.1) is 0 Å². The highest BCUT2D eigenvalue weighted by Crippen LogP contribution is 2.41. The molecule has 0 bridgehead atoms. The second kappa shape index (κ2) is 12.9. The lowest BCUT2D eigenvalue weighted by Crippen LogP contribution is -1.93. The van der Waals surface area contributed by atoms with Gasteiger partial charge in [-0.1, -0.05) is 158 Å². The Kier molecular flexibility index (Phi) is 7.47. The van der Waals surface area contributed by atoms with E-state index >= 15 is 0 Å². The van der Waals surface area contributed by atoms with Gasteiger partial charge in [0.25, 0.3) is 0 Å². The highest BCUT2D eigenvalue weighted by molar-refractivity contribution is 6.16. The number of nitrogens with zero attached hydrogens (tertiary/aromatic N) is 2. The van der Waals surface area contributed by atoms with E-state index in [1.54, 1.807) is 0 Å². The van der Waals surface area contributed by atoms with Gasteiger partial charge in [0.15, 0.2) is 5.58 Å². The van der Waals surface area contributed by atoms with Gasteiger partial charge in [-0.3, -0.25) is 0 Å². The Bertz CT molecular complexity index is 2860. The average molecular weight is 677 g/mol. The van der Waals surface area contributed by atoms with Crippen molar-refractivity contribution in [2.24, 2.45) is 0 Å². The SMILES string of the molecule is c1ccc(-c2ccc(-c3cc(-c4ccc(-c5ccccc5)cc4)c4cc(-c5ccc(-c6nc7ccccc7o6)cc5)c5ccccc5c4n3)cc2)cc1. The van der Waals surface area contributed by atoms with Crippen LogP contribution in [0.15, 0.2) is 199 Å². The van der Waals surface area contributed by atoms with Gasteiger partial charge in [0.05, 0.1) is 11.2 Å². The predicted molar refractivity (Wildman–Crippen MR) is 219 cm³/mol. The Morgan fingerprint density at radius 1 is 0.321 bits per heavy atom. The molecule has 0 spiro atoms. The molecule has 3 heteroatoms. The third-order valence-electron chi connectivity index (χ3n) is 10.1. The summed E-state index contributed by atoms with van der Waals surface area (Å²) in [5.74, 6) is 0.621. The summed E-state index contributed by atoms with van der Waals surface area (Å²) < 4.78 is 6.09. The van der Waals surface area contributed by atoms with Crippen molar-refractivity contribution in [1.82, 2.24) is 9.97 Å². The van der Waals surface area contributed by atoms with Crippen molar-refractivity contribution in [3.05, 3.63) is 194 Å². The summed E-state index contributed by atoms with van der Waals surface area (Å²) in [4.78, 5) is 10.1. The van der Waals surface area contributed by atoms with E-state index in [1.165, 1.54) is 22.3 Å². The molecule has 0 radical (unpaired) electrons. The predicted octanol–water partition coefficient (Wildman–Crippen LogP) is 13.5. The van der Waals surface area contributed by atoms with Crippen LogP contribution in [0.4, 0.5) is 0 Å². The van der Waals surface area contributed by atoms with E-state index in [-0.39, 0.29) is 0 Å². The normalized spacial score (nSPS) is 11.4. The number of para-hydroxylation sites is 2. The van der Waals surface area contributed by atoms with Crippen molar-refractivity contribution in [2.75, 3.05) is 0 Å². The summed E-state index contributed by atoms with van der Waals surface area (Å²) in [5.41, 5.74) is 14.9. The zero-order valence-electron chi connectivity index (χ0n) is 28.8. The standard InChI is InChI=1S/C50H32N2O/c1-3-11-33(12-4-1)35-19-23-38(24-20-35)44-32-47(39-27-21-36(22-28-39)34-13-5-2-6-14-34)51-49-42-16-8-7-15-41(42)43(31-45(44)49)37-25-29-40(30-26-37)50-52-46-17-9-10-18-48(46)53-50/h1-32H. The molecule has 0 aliphatic heterocycles. The van der Waals surface area contributed by atoms with Gasteiger partial charge in [-0.05, 0) is 86.3 Å². The van der Waals surface area contributed by atoms with Gasteiger partial charge in [0.2, 0.25) is 5.89 Å². The largest absolute Gasteiger partial charge is 0.436 e. The van der Waals surface area contributed by atoms with Crippen molar-refractivity contribution >= 4 is 32.8 Å². The van der Waals surface area contributed by atoms with E-state index in [4.69, 9.17) is 14.4 Å². The summed E-state index contributed by atoms with van der Waals surface area (Å²) in [7, 11) is 0. The Morgan fingerprint density at radius 3 is 1.42 bits per heavy atom. The molecule has 10 rings (SSSR count). The van der Waals surface area contributed by atoms with Crippen LogP contribution in [0.5, 0.6) is 0 Å². The maximum absolute atomic E-state index is 6.09. The zero-order valence-corrected chi connectivity index (χ0v) is 28.8. The fourth-order valence-electron chi connectivity index (χ4n) is 7.40. The van der Waals surface area contributed by atoms with Crippen molar-refractivity contribution in [1.29, 1.82) is 0 Å². The molecule has 0 fully saturated rings. The van der Waals surface area contributed by atoms with Gasteiger partial charge in [-0.2, -0.15) is 0 Å². The van der Waals surface area contributed by atoms with Gasteiger partial charge in [-0.25, -0.2) is 9.97 Å². The summed E-state index contributed by atoms with van der Waals surface area (Å²) in [6, 6.07) is 68.3. The lowest BCUT2D eigenvalue weighted by Gasteiger charge is -2.16. The van der Waals surface area contributed by atoms with Crippen LogP contribution < -0.4 is 0 Å². The number of oxazole rings is 1. The Labute approximate surface area is 307 Å². The number of hydrogen-bond donors (Lipinski definition) is 0. The Morgan fingerprint density at radius 2 is 0.792 bits per heavy atom. The molecule has 0 aliphatic rings. The lowest BCUT2D eigenvalue weighted by molar-refractivity contribution is 0.620. The van der Waals surface area contributed by atoms with Crippen molar-refractivity contribution in [3.8, 4) is 67.2 Å². The highest BCUT2D eigenvalue weighted by Gasteiger charge is 2.17. The number of benzene rings is 8. The zero-order chi connectivity index (χ0) is 35.1. The third-order valence-corrected chi connectivity index (χ3v) is 10.1. The molecule has 0 N–H and O–H groups in total. The van der Waals surface area contributed by atoms with E-state index in [9.17, 15) is 0 Å². The van der Waals surface area contributed by atoms with Crippen molar-refractivity contribution in [2.45, 2.75) is 0 Å².